The molecule has 0 aromatic carbocycles. The zero-order chi connectivity index (χ0) is 27.3. The Kier molecular flexibility index (Phi) is 13.2. The van der Waals surface area contributed by atoms with E-state index in [0.29, 0.717) is 0 Å². The lowest BCUT2D eigenvalue weighted by molar-refractivity contribution is -0.141. The van der Waals surface area contributed by atoms with E-state index in [1.165, 1.54) is 13.8 Å². The molecule has 0 rings (SSSR count). The highest BCUT2D eigenvalue weighted by atomic mass is 16.4. The highest BCUT2D eigenvalue weighted by Gasteiger charge is 2.32. The van der Waals surface area contributed by atoms with Crippen molar-refractivity contribution < 1.29 is 53.7 Å². The first-order valence-corrected chi connectivity index (χ1v) is 10.5. The van der Waals surface area contributed by atoms with Gasteiger partial charge in [-0.2, -0.15) is 0 Å². The smallest absolute Gasteiger partial charge is 0.305 e. The molecule has 0 fully saturated rings. The molecule has 15 nitrogen and oxygen atoms in total. The van der Waals surface area contributed by atoms with Gasteiger partial charge in [0.2, 0.25) is 23.6 Å². The van der Waals surface area contributed by atoms with Crippen molar-refractivity contribution in [2.75, 3.05) is 0 Å². The van der Waals surface area contributed by atoms with Gasteiger partial charge in [-0.25, -0.2) is 0 Å². The van der Waals surface area contributed by atoms with Gasteiger partial charge in [0.05, 0.1) is 18.9 Å². The topological polar surface area (TPSA) is 245 Å². The molecule has 0 aliphatic heterocycles. The highest BCUT2D eigenvalue weighted by molar-refractivity contribution is 5.96. The number of rotatable bonds is 16. The molecule has 4 amide bonds. The summed E-state index contributed by atoms with van der Waals surface area (Å²) in [7, 11) is 0. The fourth-order valence-electron chi connectivity index (χ4n) is 2.82. The molecule has 0 saturated heterocycles. The molecule has 0 bridgehead atoms. The zero-order valence-corrected chi connectivity index (χ0v) is 19.4. The van der Waals surface area contributed by atoms with Crippen LogP contribution < -0.4 is 21.3 Å². The number of hydrogen-bond acceptors (Lipinski definition) is 8. The molecule has 0 saturated carbocycles. The fourth-order valence-corrected chi connectivity index (χ4v) is 2.82. The number of carboxylic acid groups (broad SMARTS) is 3. The molecule has 15 heteroatoms. The predicted octanol–water partition coefficient (Wildman–Crippen LogP) is -2.39. The summed E-state index contributed by atoms with van der Waals surface area (Å²) in [6, 6.07) is -5.75. The SMILES string of the molecule is CC(=O)N[C@H](CC(=O)O)C(=O)N[C@H](CCC(=O)O)C(=O)N[C@H](C(=O)N[C@H](C=O)CC(=O)O)C(C)C. The van der Waals surface area contributed by atoms with Crippen LogP contribution >= 0.6 is 0 Å². The second-order valence-corrected chi connectivity index (χ2v) is 7.92. The van der Waals surface area contributed by atoms with Gasteiger partial charge in [0.25, 0.3) is 0 Å². The van der Waals surface area contributed by atoms with Crippen LogP contribution in [0.4, 0.5) is 0 Å². The number of carboxylic acids is 3. The Bertz CT molecular complexity index is 827. The fraction of sp³-hybridized carbons (Fsp3) is 0.600. The van der Waals surface area contributed by atoms with Gasteiger partial charge in [-0.15, -0.1) is 0 Å². The molecule has 0 spiro atoms. The average molecular weight is 502 g/mol. The van der Waals surface area contributed by atoms with Gasteiger partial charge < -0.3 is 41.4 Å². The van der Waals surface area contributed by atoms with Crippen LogP contribution in [-0.2, 0) is 38.4 Å². The van der Waals surface area contributed by atoms with Gasteiger partial charge in [0.1, 0.15) is 24.4 Å². The maximum atomic E-state index is 12.8. The summed E-state index contributed by atoms with van der Waals surface area (Å²) in [5.41, 5.74) is 0. The quantitative estimate of drug-likeness (QED) is 0.110. The lowest BCUT2D eigenvalue weighted by Crippen LogP contribution is -2.58. The van der Waals surface area contributed by atoms with E-state index in [4.69, 9.17) is 15.3 Å². The van der Waals surface area contributed by atoms with E-state index in [1.807, 2.05) is 0 Å². The van der Waals surface area contributed by atoms with Crippen molar-refractivity contribution in [2.24, 2.45) is 5.92 Å². The summed E-state index contributed by atoms with van der Waals surface area (Å²) >= 11 is 0. The number of nitrogens with one attached hydrogen (secondary N) is 4. The standard InChI is InChI=1S/C20H30N4O11/c1-9(2)17(20(35)22-11(8-25)6-15(29)30)24-18(33)12(4-5-14(27)28)23-19(34)13(7-16(31)32)21-10(3)26/h8-9,11-13,17H,4-7H2,1-3H3,(H,21,26)(H,22,35)(H,23,34)(H,24,33)(H,27,28)(H,29,30)(H,31,32)/t11-,12+,13+,17-/m0/s1. The molecule has 0 heterocycles. The van der Waals surface area contributed by atoms with Crippen molar-refractivity contribution in [3.63, 3.8) is 0 Å². The zero-order valence-electron chi connectivity index (χ0n) is 19.4. The number of amides is 4. The van der Waals surface area contributed by atoms with Crippen molar-refractivity contribution in [3.05, 3.63) is 0 Å². The molecule has 0 radical (unpaired) electrons. The molecule has 7 N–H and O–H groups in total. The Morgan fingerprint density at radius 3 is 1.69 bits per heavy atom. The molecule has 0 aromatic heterocycles. The minimum absolute atomic E-state index is 0.214. The summed E-state index contributed by atoms with van der Waals surface area (Å²) in [4.78, 5) is 93.1. The molecular weight excluding hydrogens is 472 g/mol. The lowest BCUT2D eigenvalue weighted by atomic mass is 10.0. The first kappa shape index (κ1) is 31.0. The molecule has 0 aliphatic rings. The first-order chi connectivity index (χ1) is 16.2. The number of aliphatic carboxylic acids is 3. The Morgan fingerprint density at radius 2 is 1.26 bits per heavy atom. The van der Waals surface area contributed by atoms with Crippen molar-refractivity contribution in [1.82, 2.24) is 21.3 Å². The van der Waals surface area contributed by atoms with Crippen LogP contribution in [0.25, 0.3) is 0 Å². The van der Waals surface area contributed by atoms with Gasteiger partial charge >= 0.3 is 17.9 Å². The highest BCUT2D eigenvalue weighted by Crippen LogP contribution is 2.07. The minimum Gasteiger partial charge on any atom is -0.481 e. The Labute approximate surface area is 200 Å². The van der Waals surface area contributed by atoms with E-state index in [2.05, 4.69) is 21.3 Å². The van der Waals surface area contributed by atoms with Gasteiger partial charge in [0.15, 0.2) is 0 Å². The van der Waals surface area contributed by atoms with Crippen molar-refractivity contribution in [2.45, 2.75) is 70.6 Å². The van der Waals surface area contributed by atoms with E-state index < -0.39 is 97.3 Å². The number of carbonyl (C=O) groups excluding carboxylic acids is 5. The third-order valence-electron chi connectivity index (χ3n) is 4.49. The van der Waals surface area contributed by atoms with E-state index >= 15 is 0 Å². The Balaban J connectivity index is 5.66. The lowest BCUT2D eigenvalue weighted by Gasteiger charge is -2.27. The Hall–Kier alpha value is -4.04. The molecular formula is C20H30N4O11. The van der Waals surface area contributed by atoms with E-state index in [-0.39, 0.29) is 6.29 Å². The molecule has 0 aromatic rings. The van der Waals surface area contributed by atoms with Gasteiger partial charge in [0, 0.05) is 13.3 Å². The van der Waals surface area contributed by atoms with Crippen LogP contribution in [0.3, 0.4) is 0 Å². The summed E-state index contributed by atoms with van der Waals surface area (Å²) in [5.74, 6) is -8.33. The maximum absolute atomic E-state index is 12.8. The van der Waals surface area contributed by atoms with Gasteiger partial charge in [-0.05, 0) is 12.3 Å². The van der Waals surface area contributed by atoms with Crippen LogP contribution in [0.15, 0.2) is 0 Å². The summed E-state index contributed by atoms with van der Waals surface area (Å²) in [6.45, 7) is 4.10. The van der Waals surface area contributed by atoms with E-state index in [1.54, 1.807) is 0 Å². The molecule has 0 unspecified atom stereocenters. The molecule has 0 aliphatic carbocycles. The predicted molar refractivity (Wildman–Crippen MR) is 116 cm³/mol. The second kappa shape index (κ2) is 15.0. The van der Waals surface area contributed by atoms with Crippen LogP contribution in [0.1, 0.15) is 46.5 Å². The van der Waals surface area contributed by atoms with E-state index in [0.717, 1.165) is 6.92 Å². The van der Waals surface area contributed by atoms with Crippen LogP contribution in [0.5, 0.6) is 0 Å². The number of aldehydes is 1. The van der Waals surface area contributed by atoms with Crippen molar-refractivity contribution in [3.8, 4) is 0 Å². The Morgan fingerprint density at radius 1 is 0.714 bits per heavy atom. The summed E-state index contributed by atoms with van der Waals surface area (Å²) < 4.78 is 0. The third-order valence-corrected chi connectivity index (χ3v) is 4.49. The maximum Gasteiger partial charge on any atom is 0.305 e. The average Bonchev–Trinajstić information content (AvgIpc) is 2.71. The van der Waals surface area contributed by atoms with Crippen molar-refractivity contribution >= 4 is 47.8 Å². The second-order valence-electron chi connectivity index (χ2n) is 7.92. The number of carbonyl (C=O) groups is 8. The molecule has 196 valence electrons. The largest absolute Gasteiger partial charge is 0.481 e. The first-order valence-electron chi connectivity index (χ1n) is 10.5. The molecule has 35 heavy (non-hydrogen) atoms. The van der Waals surface area contributed by atoms with Gasteiger partial charge in [-0.1, -0.05) is 13.8 Å². The third kappa shape index (κ3) is 12.7. The normalized spacial score (nSPS) is 13.9. The summed E-state index contributed by atoms with van der Waals surface area (Å²) in [5, 5.41) is 35.5. The summed E-state index contributed by atoms with van der Waals surface area (Å²) in [6.07, 6.45) is -2.31. The van der Waals surface area contributed by atoms with Gasteiger partial charge in [-0.3, -0.25) is 33.6 Å². The van der Waals surface area contributed by atoms with Crippen molar-refractivity contribution in [1.29, 1.82) is 0 Å². The van der Waals surface area contributed by atoms with E-state index in [9.17, 15) is 38.4 Å². The molecule has 4 atom stereocenters. The number of hydrogen-bond donors (Lipinski definition) is 7. The van der Waals surface area contributed by atoms with Crippen LogP contribution in [0.2, 0.25) is 0 Å². The minimum atomic E-state index is -1.56. The van der Waals surface area contributed by atoms with Crippen LogP contribution in [-0.4, -0.2) is 87.3 Å². The van der Waals surface area contributed by atoms with Crippen LogP contribution in [0, 0.1) is 5.92 Å². The monoisotopic (exact) mass is 502 g/mol.